The number of amides is 2. The zero-order chi connectivity index (χ0) is 33.8. The van der Waals surface area contributed by atoms with Crippen LogP contribution in [0.2, 0.25) is 0 Å². The quantitative estimate of drug-likeness (QED) is 0.148. The lowest BCUT2D eigenvalue weighted by Gasteiger charge is -2.34. The predicted molar refractivity (Wildman–Crippen MR) is 187 cm³/mol. The number of piperidine rings is 1. The van der Waals surface area contributed by atoms with Gasteiger partial charge in [0.05, 0.1) is 0 Å². The summed E-state index contributed by atoms with van der Waals surface area (Å²) in [5, 5.41) is 23.8. The number of aliphatic hydroxyl groups excluding tert-OH is 1. The van der Waals surface area contributed by atoms with Crippen LogP contribution < -0.4 is 5.32 Å². The molecule has 5 aromatic rings. The molecule has 1 atom stereocenters. The van der Waals surface area contributed by atoms with Gasteiger partial charge in [-0.05, 0) is 85.5 Å². The average Bonchev–Trinajstić information content (AvgIpc) is 3.35. The number of aromatic nitrogens is 1. The van der Waals surface area contributed by atoms with E-state index >= 15 is 0 Å². The summed E-state index contributed by atoms with van der Waals surface area (Å²) in [5.74, 6) is 0.178. The molecular weight excluding hydrogens is 602 g/mol. The van der Waals surface area contributed by atoms with Crippen molar-refractivity contribution in [1.29, 1.82) is 0 Å². The molecule has 2 amide bonds. The van der Waals surface area contributed by atoms with E-state index in [1.165, 1.54) is 0 Å². The van der Waals surface area contributed by atoms with Crippen LogP contribution in [0.5, 0.6) is 0 Å². The molecule has 0 unspecified atom stereocenters. The van der Waals surface area contributed by atoms with E-state index in [2.05, 4.69) is 35.9 Å². The topological polar surface area (TPSA) is 104 Å². The molecule has 1 fully saturated rings. The standard InChI is InChI=1S/C40H43N3O5/c1-26-28(3)43(24-29-13-15-32(16-14-29)34-11-7-8-12-35(34)39(45)46)37-18-17-33(23-36(26)37)38(44)41-27(2)31-19-21-42(22-20-31)40(47)48-25-30-9-5-4-6-10-30/h4-18,23,27,31,39,45-46H,19-22,24-25H2,1-3H3,(H,41,44)/t27-/m0/s1. The number of rotatable bonds is 9. The Bertz CT molecular complexity index is 1890. The summed E-state index contributed by atoms with van der Waals surface area (Å²) in [6.07, 6.45) is -0.214. The molecule has 1 aliphatic heterocycles. The monoisotopic (exact) mass is 645 g/mol. The molecule has 1 saturated heterocycles. The fourth-order valence-electron chi connectivity index (χ4n) is 6.75. The van der Waals surface area contributed by atoms with Crippen molar-refractivity contribution in [3.63, 3.8) is 0 Å². The van der Waals surface area contributed by atoms with Crippen LogP contribution in [0.1, 0.15) is 64.4 Å². The number of hydrogen-bond acceptors (Lipinski definition) is 5. The average molecular weight is 646 g/mol. The maximum Gasteiger partial charge on any atom is 0.410 e. The van der Waals surface area contributed by atoms with Crippen molar-refractivity contribution in [2.75, 3.05) is 13.1 Å². The zero-order valence-corrected chi connectivity index (χ0v) is 27.7. The molecule has 0 bridgehead atoms. The molecule has 3 N–H and O–H groups in total. The van der Waals surface area contributed by atoms with Crippen LogP contribution in [0.4, 0.5) is 4.79 Å². The van der Waals surface area contributed by atoms with Crippen molar-refractivity contribution in [2.24, 2.45) is 5.92 Å². The zero-order valence-electron chi connectivity index (χ0n) is 27.7. The van der Waals surface area contributed by atoms with Crippen molar-refractivity contribution in [2.45, 2.75) is 59.1 Å². The van der Waals surface area contributed by atoms with E-state index in [4.69, 9.17) is 4.74 Å². The van der Waals surface area contributed by atoms with Gasteiger partial charge in [0, 0.05) is 53.4 Å². The smallest absolute Gasteiger partial charge is 0.410 e. The first-order valence-corrected chi connectivity index (χ1v) is 16.6. The van der Waals surface area contributed by atoms with E-state index in [1.54, 1.807) is 17.0 Å². The number of hydrogen-bond donors (Lipinski definition) is 3. The van der Waals surface area contributed by atoms with Gasteiger partial charge in [0.1, 0.15) is 6.61 Å². The number of benzene rings is 4. The summed E-state index contributed by atoms with van der Waals surface area (Å²) in [5.41, 5.74) is 8.25. The lowest BCUT2D eigenvalue weighted by molar-refractivity contribution is -0.0420. The number of carbonyl (C=O) groups excluding carboxylic acids is 2. The van der Waals surface area contributed by atoms with E-state index in [1.807, 2.05) is 79.7 Å². The first kappa shape index (κ1) is 33.0. The first-order valence-electron chi connectivity index (χ1n) is 16.6. The van der Waals surface area contributed by atoms with Gasteiger partial charge in [0.25, 0.3) is 5.91 Å². The molecule has 0 aliphatic carbocycles. The minimum absolute atomic E-state index is 0.0290. The minimum Gasteiger partial charge on any atom is -0.445 e. The molecule has 2 heterocycles. The van der Waals surface area contributed by atoms with E-state index in [0.717, 1.165) is 57.3 Å². The molecule has 8 nitrogen and oxygen atoms in total. The molecular formula is C40H43N3O5. The van der Waals surface area contributed by atoms with Gasteiger partial charge in [-0.2, -0.15) is 0 Å². The third kappa shape index (κ3) is 7.15. The normalized spacial score (nSPS) is 14.3. The highest BCUT2D eigenvalue weighted by Gasteiger charge is 2.28. The first-order chi connectivity index (χ1) is 23.2. The van der Waals surface area contributed by atoms with Crippen LogP contribution in [-0.2, 0) is 17.9 Å². The van der Waals surface area contributed by atoms with E-state index in [-0.39, 0.29) is 30.6 Å². The van der Waals surface area contributed by atoms with Crippen LogP contribution in [-0.4, -0.2) is 50.8 Å². The number of aryl methyl sites for hydroxylation is 1. The second-order valence-electron chi connectivity index (χ2n) is 12.8. The van der Waals surface area contributed by atoms with E-state index < -0.39 is 6.29 Å². The summed E-state index contributed by atoms with van der Waals surface area (Å²) in [7, 11) is 0. The Morgan fingerprint density at radius 1 is 0.875 bits per heavy atom. The van der Waals surface area contributed by atoms with Gasteiger partial charge in [-0.15, -0.1) is 0 Å². The molecule has 1 aromatic heterocycles. The lowest BCUT2D eigenvalue weighted by atomic mass is 9.90. The van der Waals surface area contributed by atoms with E-state index in [0.29, 0.717) is 30.8 Å². The molecule has 48 heavy (non-hydrogen) atoms. The van der Waals surface area contributed by atoms with Crippen LogP contribution in [0, 0.1) is 19.8 Å². The Labute approximate surface area is 281 Å². The molecule has 8 heteroatoms. The highest BCUT2D eigenvalue weighted by molar-refractivity contribution is 5.99. The Morgan fingerprint density at radius 3 is 2.27 bits per heavy atom. The highest BCUT2D eigenvalue weighted by Crippen LogP contribution is 2.30. The maximum atomic E-state index is 13.4. The van der Waals surface area contributed by atoms with Gasteiger partial charge < -0.3 is 29.7 Å². The van der Waals surface area contributed by atoms with E-state index in [9.17, 15) is 19.8 Å². The third-order valence-electron chi connectivity index (χ3n) is 9.81. The van der Waals surface area contributed by atoms with Gasteiger partial charge in [-0.25, -0.2) is 4.79 Å². The van der Waals surface area contributed by atoms with Crippen LogP contribution >= 0.6 is 0 Å². The second kappa shape index (κ2) is 14.5. The maximum absolute atomic E-state index is 13.4. The number of aliphatic hydroxyl groups is 2. The van der Waals surface area contributed by atoms with Gasteiger partial charge in [0.2, 0.25) is 0 Å². The number of carbonyl (C=O) groups is 2. The molecule has 0 saturated carbocycles. The van der Waals surface area contributed by atoms with Gasteiger partial charge in [-0.3, -0.25) is 4.79 Å². The van der Waals surface area contributed by atoms with Gasteiger partial charge in [0.15, 0.2) is 6.29 Å². The Balaban J connectivity index is 1.07. The highest BCUT2D eigenvalue weighted by atomic mass is 16.6. The summed E-state index contributed by atoms with van der Waals surface area (Å²) in [6.45, 7) is 8.40. The number of fused-ring (bicyclic) bond motifs is 1. The molecule has 1 aliphatic rings. The Kier molecular flexibility index (Phi) is 9.94. The summed E-state index contributed by atoms with van der Waals surface area (Å²) in [4.78, 5) is 27.8. The summed E-state index contributed by atoms with van der Waals surface area (Å²) >= 11 is 0. The number of nitrogens with one attached hydrogen (secondary N) is 1. The van der Waals surface area contributed by atoms with Gasteiger partial charge >= 0.3 is 6.09 Å². The minimum atomic E-state index is -1.53. The Hall–Kier alpha value is -4.92. The molecule has 0 radical (unpaired) electrons. The molecule has 248 valence electrons. The summed E-state index contributed by atoms with van der Waals surface area (Å²) < 4.78 is 7.78. The fourth-order valence-corrected chi connectivity index (χ4v) is 6.75. The van der Waals surface area contributed by atoms with Crippen LogP contribution in [0.3, 0.4) is 0 Å². The molecule has 4 aromatic carbocycles. The largest absolute Gasteiger partial charge is 0.445 e. The van der Waals surface area contributed by atoms with Gasteiger partial charge in [-0.1, -0.05) is 78.9 Å². The number of nitrogens with zero attached hydrogens (tertiary/aromatic N) is 2. The van der Waals surface area contributed by atoms with Crippen molar-refractivity contribution >= 4 is 22.9 Å². The van der Waals surface area contributed by atoms with Crippen molar-refractivity contribution in [3.05, 3.63) is 131 Å². The predicted octanol–water partition coefficient (Wildman–Crippen LogP) is 7.12. The number of likely N-dealkylation sites (tertiary alicyclic amines) is 1. The number of ether oxygens (including phenoxy) is 1. The van der Waals surface area contributed by atoms with Crippen molar-refractivity contribution < 1.29 is 24.5 Å². The van der Waals surface area contributed by atoms with Crippen molar-refractivity contribution in [1.82, 2.24) is 14.8 Å². The Morgan fingerprint density at radius 2 is 1.56 bits per heavy atom. The second-order valence-corrected chi connectivity index (χ2v) is 12.8. The SMILES string of the molecule is Cc1c(C)n(Cc2ccc(-c3ccccc3C(O)O)cc2)c2ccc(C(=O)N[C@@H](C)C3CCN(C(=O)OCc4ccccc4)CC3)cc12. The third-order valence-corrected chi connectivity index (χ3v) is 9.81. The van der Waals surface area contributed by atoms with Crippen LogP contribution in [0.25, 0.3) is 22.0 Å². The molecule has 0 spiro atoms. The van der Waals surface area contributed by atoms with Crippen molar-refractivity contribution in [3.8, 4) is 11.1 Å². The van der Waals surface area contributed by atoms with Crippen LogP contribution in [0.15, 0.2) is 97.1 Å². The lowest BCUT2D eigenvalue weighted by Crippen LogP contribution is -2.45. The fraction of sp³-hybridized carbons (Fsp3) is 0.300. The summed E-state index contributed by atoms with van der Waals surface area (Å²) in [6, 6.07) is 31.0. The molecule has 6 rings (SSSR count).